The van der Waals surface area contributed by atoms with Crippen molar-refractivity contribution in [1.29, 1.82) is 0 Å². The largest absolute Gasteiger partial charge is 0.380 e. The number of nitrogens with zero attached hydrogens (tertiary/aromatic N) is 2. The summed E-state index contributed by atoms with van der Waals surface area (Å²) in [5.41, 5.74) is 7.01. The van der Waals surface area contributed by atoms with Gasteiger partial charge in [-0.1, -0.05) is 103 Å². The van der Waals surface area contributed by atoms with Gasteiger partial charge in [-0.05, 0) is 99.6 Å². The van der Waals surface area contributed by atoms with Crippen LogP contribution in [0.5, 0.6) is 0 Å². The van der Waals surface area contributed by atoms with Gasteiger partial charge in [0, 0.05) is 31.2 Å². The zero-order valence-electron chi connectivity index (χ0n) is 33.5. The van der Waals surface area contributed by atoms with Crippen LogP contribution in [-0.4, -0.2) is 47.5 Å². The summed E-state index contributed by atoms with van der Waals surface area (Å²) in [6.45, 7) is 19.7. The number of allylic oxidation sites excluding steroid dienone is 2. The van der Waals surface area contributed by atoms with Gasteiger partial charge in [-0.15, -0.1) is 0 Å². The lowest BCUT2D eigenvalue weighted by atomic mass is 9.94. The van der Waals surface area contributed by atoms with Crippen molar-refractivity contribution in [3.8, 4) is 0 Å². The van der Waals surface area contributed by atoms with Gasteiger partial charge in [0.1, 0.15) is 11.9 Å². The van der Waals surface area contributed by atoms with Crippen molar-refractivity contribution < 1.29 is 14.0 Å². The maximum atomic E-state index is 14.5. The highest BCUT2D eigenvalue weighted by atomic mass is 19.1. The third kappa shape index (κ3) is 18.8. The number of aromatic nitrogens is 2. The summed E-state index contributed by atoms with van der Waals surface area (Å²) in [6, 6.07) is 12.8. The zero-order chi connectivity index (χ0) is 38.7. The zero-order valence-corrected chi connectivity index (χ0v) is 33.5. The molecule has 1 unspecified atom stereocenters. The molecule has 0 saturated carbocycles. The number of carbonyl (C=O) groups excluding carboxylic acids is 2. The highest BCUT2D eigenvalue weighted by molar-refractivity contribution is 5.88. The molecule has 288 valence electrons. The highest BCUT2D eigenvalue weighted by Crippen LogP contribution is 2.20. The minimum absolute atomic E-state index is 0.0676. The van der Waals surface area contributed by atoms with Crippen LogP contribution in [0.25, 0.3) is 0 Å². The molecule has 0 saturated heterocycles. The number of hydrogen-bond donors (Lipinski definition) is 4. The number of carbonyl (C=O) groups is 2. The Labute approximate surface area is 314 Å². The number of anilines is 1. The molecule has 0 fully saturated rings. The summed E-state index contributed by atoms with van der Waals surface area (Å²) in [5, 5.41) is 11.8. The Bertz CT molecular complexity index is 1460. The normalized spacial score (nSPS) is 11.9. The molecular weight excluding hydrogens is 652 g/mol. The SMILES string of the molecule is CC=C(CC)NCC(=O)NC(CNc1ncccn1)C(=O)NCCCc1cccc(F)c1CC[C@H](C)CC.CCC.CCCc1ccc(C)cc1C. The van der Waals surface area contributed by atoms with Crippen LogP contribution in [0.3, 0.4) is 0 Å². The fourth-order valence-corrected chi connectivity index (χ4v) is 5.38. The molecule has 0 bridgehead atoms. The summed E-state index contributed by atoms with van der Waals surface area (Å²) >= 11 is 0. The van der Waals surface area contributed by atoms with Crippen LogP contribution in [0.15, 0.2) is 66.6 Å². The Balaban J connectivity index is 0.000000805. The lowest BCUT2D eigenvalue weighted by molar-refractivity contribution is -0.128. The standard InChI is InChI=1S/C29H43FN6O2.C11H16.C3H8/c1-5-21(4)14-15-24-22(11-8-13-25(24)30)12-9-16-31-28(38)26(19-35-29-32-17-10-18-33-29)36-27(37)20-34-23(6-2)7-3;1-4-5-11-7-6-9(2)8-10(11)3;1-3-2/h6,8,10-11,13,17-18,21,26,34H,5,7,9,12,14-16,19-20H2,1-4H3,(H,31,38)(H,36,37)(H,32,33,35);6-8H,4-5H2,1-3H3;3H2,1-2H3/t21-,26?;;/m1../s1. The first kappa shape index (κ1) is 45.8. The molecule has 3 rings (SSSR count). The van der Waals surface area contributed by atoms with E-state index in [1.807, 2.05) is 26.0 Å². The lowest BCUT2D eigenvalue weighted by Gasteiger charge is -2.20. The topological polar surface area (TPSA) is 108 Å². The van der Waals surface area contributed by atoms with Crippen LogP contribution in [0.4, 0.5) is 10.3 Å². The van der Waals surface area contributed by atoms with Crippen molar-refractivity contribution in [3.05, 3.63) is 100 Å². The van der Waals surface area contributed by atoms with Crippen LogP contribution >= 0.6 is 0 Å². The van der Waals surface area contributed by atoms with Crippen molar-refractivity contribution >= 4 is 17.8 Å². The number of amides is 2. The Morgan fingerprint density at radius 2 is 1.62 bits per heavy atom. The molecule has 2 amide bonds. The van der Waals surface area contributed by atoms with E-state index in [1.54, 1.807) is 24.5 Å². The summed E-state index contributed by atoms with van der Waals surface area (Å²) in [7, 11) is 0. The first-order chi connectivity index (χ1) is 25.0. The lowest BCUT2D eigenvalue weighted by Crippen LogP contribution is -2.52. The second-order valence-corrected chi connectivity index (χ2v) is 13.3. The van der Waals surface area contributed by atoms with E-state index in [0.717, 1.165) is 36.1 Å². The minimum atomic E-state index is -0.816. The van der Waals surface area contributed by atoms with Gasteiger partial charge in [-0.3, -0.25) is 9.59 Å². The number of benzene rings is 2. The fourth-order valence-electron chi connectivity index (χ4n) is 5.38. The van der Waals surface area contributed by atoms with Crippen LogP contribution in [0.1, 0.15) is 115 Å². The minimum Gasteiger partial charge on any atom is -0.380 e. The van der Waals surface area contributed by atoms with Gasteiger partial charge in [0.2, 0.25) is 17.8 Å². The van der Waals surface area contributed by atoms with Crippen LogP contribution in [-0.2, 0) is 28.9 Å². The van der Waals surface area contributed by atoms with Crippen molar-refractivity contribution in [2.75, 3.05) is 25.0 Å². The molecule has 2 aromatic carbocycles. The van der Waals surface area contributed by atoms with E-state index in [0.29, 0.717) is 37.7 Å². The van der Waals surface area contributed by atoms with E-state index < -0.39 is 6.04 Å². The fraction of sp³-hybridized carbons (Fsp3) is 0.535. The van der Waals surface area contributed by atoms with Gasteiger partial charge in [0.15, 0.2) is 0 Å². The second kappa shape index (κ2) is 27.4. The van der Waals surface area contributed by atoms with E-state index in [9.17, 15) is 14.0 Å². The van der Waals surface area contributed by atoms with Gasteiger partial charge < -0.3 is 21.3 Å². The summed E-state index contributed by atoms with van der Waals surface area (Å²) in [4.78, 5) is 33.8. The van der Waals surface area contributed by atoms with E-state index in [1.165, 1.54) is 42.0 Å². The van der Waals surface area contributed by atoms with Crippen molar-refractivity contribution in [2.45, 2.75) is 126 Å². The van der Waals surface area contributed by atoms with E-state index in [2.05, 4.69) is 97.9 Å². The van der Waals surface area contributed by atoms with E-state index >= 15 is 0 Å². The van der Waals surface area contributed by atoms with E-state index in [-0.39, 0.29) is 30.7 Å². The summed E-state index contributed by atoms with van der Waals surface area (Å²) in [5.74, 6) is 0.158. The molecule has 0 radical (unpaired) electrons. The van der Waals surface area contributed by atoms with Crippen LogP contribution < -0.4 is 21.3 Å². The average molecular weight is 719 g/mol. The maximum absolute atomic E-state index is 14.5. The van der Waals surface area contributed by atoms with Gasteiger partial charge in [0.05, 0.1) is 6.54 Å². The number of rotatable bonds is 19. The van der Waals surface area contributed by atoms with Crippen LogP contribution in [0.2, 0.25) is 0 Å². The van der Waals surface area contributed by atoms with Gasteiger partial charge in [0.25, 0.3) is 0 Å². The van der Waals surface area contributed by atoms with Gasteiger partial charge in [-0.25, -0.2) is 14.4 Å². The molecule has 8 nitrogen and oxygen atoms in total. The molecule has 1 heterocycles. The average Bonchev–Trinajstić information content (AvgIpc) is 3.14. The molecule has 0 aliphatic carbocycles. The third-order valence-corrected chi connectivity index (χ3v) is 8.63. The van der Waals surface area contributed by atoms with Crippen molar-refractivity contribution in [3.63, 3.8) is 0 Å². The van der Waals surface area contributed by atoms with Crippen molar-refractivity contribution in [2.24, 2.45) is 5.92 Å². The molecule has 9 heteroatoms. The molecular formula is C43H67FN6O2. The quantitative estimate of drug-likeness (QED) is 0.0924. The Morgan fingerprint density at radius 3 is 2.23 bits per heavy atom. The summed E-state index contributed by atoms with van der Waals surface area (Å²) < 4.78 is 14.5. The van der Waals surface area contributed by atoms with Gasteiger partial charge in [-0.2, -0.15) is 0 Å². The molecule has 0 aliphatic rings. The Morgan fingerprint density at radius 1 is 0.904 bits per heavy atom. The maximum Gasteiger partial charge on any atom is 0.244 e. The smallest absolute Gasteiger partial charge is 0.244 e. The molecule has 2 atom stereocenters. The number of nitrogens with one attached hydrogen (secondary N) is 4. The first-order valence-electron chi connectivity index (χ1n) is 19.3. The molecule has 0 aliphatic heterocycles. The molecule has 1 aromatic heterocycles. The Hall–Kier alpha value is -4.27. The predicted octanol–water partition coefficient (Wildman–Crippen LogP) is 8.82. The third-order valence-electron chi connectivity index (χ3n) is 8.63. The van der Waals surface area contributed by atoms with Crippen LogP contribution in [0, 0.1) is 25.6 Å². The highest BCUT2D eigenvalue weighted by Gasteiger charge is 2.21. The Kier molecular flexibility index (Phi) is 24.1. The number of aryl methyl sites for hydroxylation is 4. The van der Waals surface area contributed by atoms with E-state index in [4.69, 9.17) is 0 Å². The summed E-state index contributed by atoms with van der Waals surface area (Å²) in [6.07, 6.45) is 13.7. The first-order valence-corrected chi connectivity index (χ1v) is 19.3. The second-order valence-electron chi connectivity index (χ2n) is 13.3. The molecule has 3 aromatic rings. The number of hydrogen-bond acceptors (Lipinski definition) is 6. The predicted molar refractivity (Wildman–Crippen MR) is 216 cm³/mol. The van der Waals surface area contributed by atoms with Gasteiger partial charge >= 0.3 is 0 Å². The molecule has 52 heavy (non-hydrogen) atoms. The monoisotopic (exact) mass is 719 g/mol. The molecule has 4 N–H and O–H groups in total. The molecule has 0 spiro atoms. The van der Waals surface area contributed by atoms with Crippen molar-refractivity contribution in [1.82, 2.24) is 25.9 Å². The number of halogens is 1.